The van der Waals surface area contributed by atoms with Gasteiger partial charge in [0.05, 0.1) is 5.52 Å². The van der Waals surface area contributed by atoms with Crippen molar-refractivity contribution in [2.24, 2.45) is 0 Å². The van der Waals surface area contributed by atoms with Crippen molar-refractivity contribution in [3.05, 3.63) is 44.2 Å². The third-order valence-electron chi connectivity index (χ3n) is 3.25. The zero-order chi connectivity index (χ0) is 12.9. The van der Waals surface area contributed by atoms with E-state index in [-0.39, 0.29) is 5.56 Å². The minimum atomic E-state index is -1.20. The third-order valence-corrected chi connectivity index (χ3v) is 3.93. The second-order valence-corrected chi connectivity index (χ2v) is 5.38. The van der Waals surface area contributed by atoms with Crippen molar-refractivity contribution in [1.82, 2.24) is 4.98 Å². The lowest BCUT2D eigenvalue weighted by Crippen LogP contribution is -2.15. The molecule has 0 spiro atoms. The molecule has 0 amide bonds. The number of aromatic nitrogens is 1. The lowest BCUT2D eigenvalue weighted by atomic mass is 10.1. The van der Waals surface area contributed by atoms with Crippen molar-refractivity contribution in [2.45, 2.75) is 18.8 Å². The number of H-pyrrole nitrogens is 1. The van der Waals surface area contributed by atoms with Gasteiger partial charge in [-0.3, -0.25) is 4.79 Å². The van der Waals surface area contributed by atoms with Gasteiger partial charge in [0.2, 0.25) is 5.43 Å². The van der Waals surface area contributed by atoms with Gasteiger partial charge in [-0.2, -0.15) is 0 Å². The van der Waals surface area contributed by atoms with Gasteiger partial charge in [0.25, 0.3) is 0 Å². The molecule has 92 valence electrons. The molecule has 0 aliphatic heterocycles. The Morgan fingerprint density at radius 3 is 2.72 bits per heavy atom. The summed E-state index contributed by atoms with van der Waals surface area (Å²) >= 11 is 3.49. The van der Waals surface area contributed by atoms with E-state index in [4.69, 9.17) is 5.11 Å². The normalized spacial score (nSPS) is 14.9. The van der Waals surface area contributed by atoms with Crippen LogP contribution in [0.25, 0.3) is 10.9 Å². The number of aromatic amines is 1. The maximum Gasteiger partial charge on any atom is 0.341 e. The first-order chi connectivity index (χ1) is 8.58. The summed E-state index contributed by atoms with van der Waals surface area (Å²) < 4.78 is 0.969. The lowest BCUT2D eigenvalue weighted by Gasteiger charge is -2.06. The van der Waals surface area contributed by atoms with Gasteiger partial charge in [0.15, 0.2) is 0 Å². The largest absolute Gasteiger partial charge is 0.477 e. The molecule has 0 bridgehead atoms. The van der Waals surface area contributed by atoms with Crippen LogP contribution in [0.15, 0.2) is 27.6 Å². The predicted octanol–water partition coefficient (Wildman–Crippen LogP) is 2.87. The number of rotatable bonds is 2. The van der Waals surface area contributed by atoms with Crippen molar-refractivity contribution < 1.29 is 9.90 Å². The van der Waals surface area contributed by atoms with E-state index >= 15 is 0 Å². The van der Waals surface area contributed by atoms with Crippen LogP contribution in [-0.2, 0) is 0 Å². The number of hydrogen-bond donors (Lipinski definition) is 2. The van der Waals surface area contributed by atoms with Gasteiger partial charge < -0.3 is 10.1 Å². The molecular weight excluding hydrogens is 298 g/mol. The molecule has 1 fully saturated rings. The molecule has 0 atom stereocenters. The molecule has 1 heterocycles. The van der Waals surface area contributed by atoms with E-state index in [1.54, 1.807) is 0 Å². The van der Waals surface area contributed by atoms with E-state index in [1.165, 1.54) is 6.20 Å². The maximum atomic E-state index is 12.1. The van der Waals surface area contributed by atoms with Crippen LogP contribution in [0.5, 0.6) is 0 Å². The predicted molar refractivity (Wildman–Crippen MR) is 71.2 cm³/mol. The highest BCUT2D eigenvalue weighted by atomic mass is 79.9. The van der Waals surface area contributed by atoms with Crippen LogP contribution in [0.1, 0.15) is 34.7 Å². The van der Waals surface area contributed by atoms with E-state index in [2.05, 4.69) is 20.9 Å². The molecule has 3 rings (SSSR count). The number of benzene rings is 1. The maximum absolute atomic E-state index is 12.1. The fraction of sp³-hybridized carbons (Fsp3) is 0.231. The van der Waals surface area contributed by atoms with Gasteiger partial charge in [0.1, 0.15) is 5.56 Å². The SMILES string of the molecule is O=C(O)c1c[nH]c2cc(Br)c(C3CC3)cc2c1=O. The van der Waals surface area contributed by atoms with Crippen molar-refractivity contribution in [1.29, 1.82) is 0 Å². The number of carbonyl (C=O) groups is 1. The molecule has 0 radical (unpaired) electrons. The highest BCUT2D eigenvalue weighted by Gasteiger charge is 2.26. The summed E-state index contributed by atoms with van der Waals surface area (Å²) in [7, 11) is 0. The Morgan fingerprint density at radius 1 is 1.39 bits per heavy atom. The first-order valence-corrected chi connectivity index (χ1v) is 6.45. The first kappa shape index (κ1) is 11.5. The van der Waals surface area contributed by atoms with Gasteiger partial charge in [-0.1, -0.05) is 15.9 Å². The van der Waals surface area contributed by atoms with Crippen LogP contribution in [-0.4, -0.2) is 16.1 Å². The number of hydrogen-bond acceptors (Lipinski definition) is 2. The first-order valence-electron chi connectivity index (χ1n) is 5.66. The number of fused-ring (bicyclic) bond motifs is 1. The van der Waals surface area contributed by atoms with Crippen molar-refractivity contribution in [3.63, 3.8) is 0 Å². The molecule has 1 saturated carbocycles. The molecule has 2 aromatic rings. The standard InChI is InChI=1S/C13H10BrNO3/c14-10-4-11-8(3-7(10)6-1-2-6)12(16)9(5-15-11)13(17)18/h3-6H,1-2H2,(H,15,16)(H,17,18). The van der Waals surface area contributed by atoms with Crippen LogP contribution in [0.3, 0.4) is 0 Å². The fourth-order valence-corrected chi connectivity index (χ4v) is 2.79. The number of carboxylic acid groups (broad SMARTS) is 1. The Balaban J connectivity index is 2.32. The molecule has 5 heteroatoms. The van der Waals surface area contributed by atoms with Crippen molar-refractivity contribution in [2.75, 3.05) is 0 Å². The molecular formula is C13H10BrNO3. The van der Waals surface area contributed by atoms with Crippen molar-refractivity contribution >= 4 is 32.8 Å². The Hall–Kier alpha value is -1.62. The van der Waals surface area contributed by atoms with E-state index in [9.17, 15) is 9.59 Å². The lowest BCUT2D eigenvalue weighted by molar-refractivity contribution is 0.0695. The average Bonchev–Trinajstić information content (AvgIpc) is 3.12. The highest BCUT2D eigenvalue weighted by Crippen LogP contribution is 2.44. The topological polar surface area (TPSA) is 70.2 Å². The van der Waals surface area contributed by atoms with E-state index in [0.29, 0.717) is 16.8 Å². The van der Waals surface area contributed by atoms with Gasteiger partial charge in [0, 0.05) is 16.1 Å². The Bertz CT molecular complexity index is 716. The highest BCUT2D eigenvalue weighted by molar-refractivity contribution is 9.10. The Morgan fingerprint density at radius 2 is 2.11 bits per heavy atom. The molecule has 1 aliphatic carbocycles. The third kappa shape index (κ3) is 1.75. The fourth-order valence-electron chi connectivity index (χ4n) is 2.12. The summed E-state index contributed by atoms with van der Waals surface area (Å²) in [5.41, 5.74) is 1.11. The molecule has 18 heavy (non-hydrogen) atoms. The molecule has 4 nitrogen and oxygen atoms in total. The minimum Gasteiger partial charge on any atom is -0.477 e. The van der Waals surface area contributed by atoms with Gasteiger partial charge >= 0.3 is 5.97 Å². The zero-order valence-corrected chi connectivity index (χ0v) is 11.0. The number of pyridine rings is 1. The second kappa shape index (κ2) is 3.95. The van der Waals surface area contributed by atoms with E-state index in [1.807, 2.05) is 12.1 Å². The summed E-state index contributed by atoms with van der Waals surface area (Å²) in [5.74, 6) is -0.703. The molecule has 0 unspecified atom stereocenters. The van der Waals surface area contributed by atoms with E-state index < -0.39 is 11.4 Å². The summed E-state index contributed by atoms with van der Waals surface area (Å²) in [6, 6.07) is 3.65. The molecule has 2 N–H and O–H groups in total. The van der Waals surface area contributed by atoms with Gasteiger partial charge in [-0.05, 0) is 36.5 Å². The zero-order valence-electron chi connectivity index (χ0n) is 9.37. The Labute approximate surface area is 111 Å². The molecule has 1 aromatic carbocycles. The summed E-state index contributed by atoms with van der Waals surface area (Å²) in [6.07, 6.45) is 3.50. The monoisotopic (exact) mass is 307 g/mol. The minimum absolute atomic E-state index is 0.216. The second-order valence-electron chi connectivity index (χ2n) is 4.53. The number of aromatic carboxylic acids is 1. The van der Waals surface area contributed by atoms with Crippen LogP contribution < -0.4 is 5.43 Å². The number of halogens is 1. The summed E-state index contributed by atoms with van der Waals surface area (Å²) in [5, 5.41) is 9.39. The van der Waals surface area contributed by atoms with Gasteiger partial charge in [-0.15, -0.1) is 0 Å². The summed E-state index contributed by atoms with van der Waals surface area (Å²) in [6.45, 7) is 0. The van der Waals surface area contributed by atoms with Crippen LogP contribution >= 0.6 is 15.9 Å². The summed E-state index contributed by atoms with van der Waals surface area (Å²) in [4.78, 5) is 25.9. The van der Waals surface area contributed by atoms with Crippen LogP contribution in [0, 0.1) is 0 Å². The Kier molecular flexibility index (Phi) is 2.52. The van der Waals surface area contributed by atoms with E-state index in [0.717, 1.165) is 22.9 Å². The van der Waals surface area contributed by atoms with Crippen molar-refractivity contribution in [3.8, 4) is 0 Å². The molecule has 1 aromatic heterocycles. The smallest absolute Gasteiger partial charge is 0.341 e. The van der Waals surface area contributed by atoms with Crippen LogP contribution in [0.2, 0.25) is 0 Å². The average molecular weight is 308 g/mol. The number of nitrogens with one attached hydrogen (secondary N) is 1. The number of carboxylic acids is 1. The molecule has 1 aliphatic rings. The quantitative estimate of drug-likeness (QED) is 0.896. The molecule has 0 saturated heterocycles. The van der Waals surface area contributed by atoms with Crippen LogP contribution in [0.4, 0.5) is 0 Å². The van der Waals surface area contributed by atoms with Gasteiger partial charge in [-0.25, -0.2) is 4.79 Å².